The van der Waals surface area contributed by atoms with Crippen LogP contribution >= 0.6 is 15.9 Å². The van der Waals surface area contributed by atoms with Crippen LogP contribution in [0.5, 0.6) is 0 Å². The van der Waals surface area contributed by atoms with Crippen molar-refractivity contribution in [2.45, 2.75) is 32.1 Å². The molecule has 21 heavy (non-hydrogen) atoms. The molecule has 118 valence electrons. The van der Waals surface area contributed by atoms with Crippen molar-refractivity contribution in [2.75, 3.05) is 13.6 Å². The normalized spacial score (nSPS) is 13.4. The quantitative estimate of drug-likeness (QED) is 0.826. The first-order valence-corrected chi connectivity index (χ1v) is 8.84. The summed E-state index contributed by atoms with van der Waals surface area (Å²) in [6.45, 7) is 6.00. The summed E-state index contributed by atoms with van der Waals surface area (Å²) in [5.41, 5.74) is 0.492. The monoisotopic (exact) mass is 377 g/mol. The summed E-state index contributed by atoms with van der Waals surface area (Å²) in [5, 5.41) is 9.17. The van der Waals surface area contributed by atoms with Crippen LogP contribution in [-0.4, -0.2) is 37.4 Å². The standard InChI is InChI=1S/C14H20BrNO4S/c1-5-9(2)8-16(4)21(19,20)11-6-12(14(17)18)10(3)13(15)7-11/h6-7,9H,5,8H2,1-4H3,(H,17,18). The van der Waals surface area contributed by atoms with Gasteiger partial charge in [-0.15, -0.1) is 0 Å². The second-order valence-electron chi connectivity index (χ2n) is 5.18. The van der Waals surface area contributed by atoms with Crippen LogP contribution < -0.4 is 0 Å². The van der Waals surface area contributed by atoms with Crippen LogP contribution in [0.25, 0.3) is 0 Å². The Morgan fingerprint density at radius 3 is 2.48 bits per heavy atom. The van der Waals surface area contributed by atoms with Gasteiger partial charge in [-0.3, -0.25) is 0 Å². The summed E-state index contributed by atoms with van der Waals surface area (Å²) < 4.78 is 26.8. The van der Waals surface area contributed by atoms with Gasteiger partial charge in [0.15, 0.2) is 0 Å². The minimum Gasteiger partial charge on any atom is -0.478 e. The molecule has 0 heterocycles. The number of carbonyl (C=O) groups is 1. The van der Waals surface area contributed by atoms with Crippen LogP contribution in [0.3, 0.4) is 0 Å². The second-order valence-corrected chi connectivity index (χ2v) is 8.08. The van der Waals surface area contributed by atoms with Gasteiger partial charge in [-0.25, -0.2) is 17.5 Å². The third-order valence-electron chi connectivity index (χ3n) is 3.52. The van der Waals surface area contributed by atoms with Crippen molar-refractivity contribution in [2.24, 2.45) is 5.92 Å². The van der Waals surface area contributed by atoms with E-state index in [1.165, 1.54) is 23.5 Å². The highest BCUT2D eigenvalue weighted by molar-refractivity contribution is 9.10. The number of aromatic carboxylic acids is 1. The first kappa shape index (κ1) is 18.1. The molecule has 0 amide bonds. The molecule has 0 spiro atoms. The van der Waals surface area contributed by atoms with Crippen LogP contribution in [0.4, 0.5) is 0 Å². The lowest BCUT2D eigenvalue weighted by atomic mass is 10.1. The highest BCUT2D eigenvalue weighted by Gasteiger charge is 2.25. The molecule has 1 atom stereocenters. The smallest absolute Gasteiger partial charge is 0.336 e. The Kier molecular flexibility index (Phi) is 5.95. The molecular weight excluding hydrogens is 358 g/mol. The van der Waals surface area contributed by atoms with Crippen molar-refractivity contribution in [3.8, 4) is 0 Å². The van der Waals surface area contributed by atoms with E-state index in [0.29, 0.717) is 16.6 Å². The first-order valence-electron chi connectivity index (χ1n) is 6.61. The molecule has 1 N–H and O–H groups in total. The van der Waals surface area contributed by atoms with E-state index in [0.717, 1.165) is 6.42 Å². The van der Waals surface area contributed by atoms with E-state index >= 15 is 0 Å². The van der Waals surface area contributed by atoms with E-state index in [-0.39, 0.29) is 16.4 Å². The van der Waals surface area contributed by atoms with Gasteiger partial charge in [0.05, 0.1) is 10.5 Å². The molecule has 0 bridgehead atoms. The summed E-state index contributed by atoms with van der Waals surface area (Å²) in [4.78, 5) is 11.2. The number of nitrogens with zero attached hydrogens (tertiary/aromatic N) is 1. The largest absolute Gasteiger partial charge is 0.478 e. The number of halogens is 1. The lowest BCUT2D eigenvalue weighted by molar-refractivity contribution is 0.0695. The average molecular weight is 378 g/mol. The zero-order valence-electron chi connectivity index (χ0n) is 12.6. The molecule has 0 fully saturated rings. The van der Waals surface area contributed by atoms with E-state index in [2.05, 4.69) is 15.9 Å². The van der Waals surface area contributed by atoms with Gasteiger partial charge in [0.1, 0.15) is 0 Å². The van der Waals surface area contributed by atoms with Crippen molar-refractivity contribution in [1.82, 2.24) is 4.31 Å². The Morgan fingerprint density at radius 2 is 2.00 bits per heavy atom. The van der Waals surface area contributed by atoms with E-state index in [9.17, 15) is 18.3 Å². The molecule has 0 saturated carbocycles. The van der Waals surface area contributed by atoms with Gasteiger partial charge in [0.2, 0.25) is 10.0 Å². The Hall–Kier alpha value is -0.920. The molecule has 0 aliphatic carbocycles. The van der Waals surface area contributed by atoms with Crippen molar-refractivity contribution in [1.29, 1.82) is 0 Å². The van der Waals surface area contributed by atoms with Crippen LogP contribution in [0, 0.1) is 12.8 Å². The van der Waals surface area contributed by atoms with Gasteiger partial charge in [-0.1, -0.05) is 36.2 Å². The fraction of sp³-hybridized carbons (Fsp3) is 0.500. The van der Waals surface area contributed by atoms with Crippen LogP contribution in [0.2, 0.25) is 0 Å². The van der Waals surface area contributed by atoms with Gasteiger partial charge in [-0.2, -0.15) is 0 Å². The number of benzene rings is 1. The number of hydrogen-bond donors (Lipinski definition) is 1. The summed E-state index contributed by atoms with van der Waals surface area (Å²) in [6.07, 6.45) is 0.873. The number of sulfonamides is 1. The van der Waals surface area contributed by atoms with Gasteiger partial charge in [0, 0.05) is 18.1 Å². The first-order chi connectivity index (χ1) is 9.61. The van der Waals surface area contributed by atoms with Gasteiger partial charge in [0.25, 0.3) is 0 Å². The van der Waals surface area contributed by atoms with E-state index < -0.39 is 16.0 Å². The Balaban J connectivity index is 3.29. The predicted molar refractivity (Wildman–Crippen MR) is 85.1 cm³/mol. The highest BCUT2D eigenvalue weighted by atomic mass is 79.9. The molecule has 0 aliphatic rings. The van der Waals surface area contributed by atoms with Gasteiger partial charge >= 0.3 is 5.97 Å². The highest BCUT2D eigenvalue weighted by Crippen LogP contribution is 2.27. The average Bonchev–Trinajstić information content (AvgIpc) is 2.40. The zero-order chi connectivity index (χ0) is 16.4. The Labute approximate surface area is 134 Å². The molecule has 0 saturated heterocycles. The summed E-state index contributed by atoms with van der Waals surface area (Å²) >= 11 is 3.23. The SMILES string of the molecule is CCC(C)CN(C)S(=O)(=O)c1cc(Br)c(C)c(C(=O)O)c1. The van der Waals surface area contributed by atoms with Gasteiger partial charge < -0.3 is 5.11 Å². The maximum absolute atomic E-state index is 12.5. The minimum atomic E-state index is -3.70. The molecule has 5 nitrogen and oxygen atoms in total. The van der Waals surface area contributed by atoms with Crippen molar-refractivity contribution in [3.63, 3.8) is 0 Å². The number of hydrogen-bond acceptors (Lipinski definition) is 3. The minimum absolute atomic E-state index is 0.0109. The molecule has 1 aromatic carbocycles. The molecular formula is C14H20BrNO4S. The van der Waals surface area contributed by atoms with Crippen LogP contribution in [0.15, 0.2) is 21.5 Å². The molecule has 0 radical (unpaired) electrons. The lowest BCUT2D eigenvalue weighted by Crippen LogP contribution is -2.31. The van der Waals surface area contributed by atoms with Crippen LogP contribution in [-0.2, 0) is 10.0 Å². The molecule has 7 heteroatoms. The molecule has 1 unspecified atom stereocenters. The summed E-state index contributed by atoms with van der Waals surface area (Å²) in [5.74, 6) is -0.910. The number of carboxylic acid groups (broad SMARTS) is 1. The molecule has 1 aromatic rings. The maximum Gasteiger partial charge on any atom is 0.336 e. The zero-order valence-corrected chi connectivity index (χ0v) is 15.0. The summed E-state index contributed by atoms with van der Waals surface area (Å²) in [6, 6.07) is 2.66. The second kappa shape index (κ2) is 6.89. The number of rotatable bonds is 6. The van der Waals surface area contributed by atoms with Crippen molar-refractivity contribution >= 4 is 31.9 Å². The van der Waals surface area contributed by atoms with Crippen LogP contribution in [0.1, 0.15) is 36.2 Å². The topological polar surface area (TPSA) is 74.7 Å². The molecule has 0 aliphatic heterocycles. The lowest BCUT2D eigenvalue weighted by Gasteiger charge is -2.21. The molecule has 1 rings (SSSR count). The van der Waals surface area contributed by atoms with Crippen molar-refractivity contribution < 1.29 is 18.3 Å². The Bertz CT molecular complexity index is 643. The fourth-order valence-corrected chi connectivity index (χ4v) is 3.83. The third-order valence-corrected chi connectivity index (χ3v) is 6.15. The van der Waals surface area contributed by atoms with Crippen molar-refractivity contribution in [3.05, 3.63) is 27.7 Å². The van der Waals surface area contributed by atoms with E-state index in [4.69, 9.17) is 0 Å². The predicted octanol–water partition coefficient (Wildman–Crippen LogP) is 3.12. The molecule has 0 aromatic heterocycles. The maximum atomic E-state index is 12.5. The van der Waals surface area contributed by atoms with Gasteiger partial charge in [-0.05, 0) is 30.5 Å². The Morgan fingerprint density at radius 1 is 1.43 bits per heavy atom. The number of carboxylic acids is 1. The fourth-order valence-electron chi connectivity index (χ4n) is 1.87. The van der Waals surface area contributed by atoms with E-state index in [1.807, 2.05) is 13.8 Å². The van der Waals surface area contributed by atoms with E-state index in [1.54, 1.807) is 6.92 Å². The summed E-state index contributed by atoms with van der Waals surface area (Å²) in [7, 11) is -2.19. The third kappa shape index (κ3) is 4.05.